The molecule has 1 N–H and O–H groups in total. The van der Waals surface area contributed by atoms with Crippen molar-refractivity contribution in [2.24, 2.45) is 0 Å². The van der Waals surface area contributed by atoms with Gasteiger partial charge in [-0.05, 0) is 63.3 Å². The Hall–Kier alpha value is -1.93. The molecule has 0 bridgehead atoms. The van der Waals surface area contributed by atoms with Gasteiger partial charge in [0.05, 0.1) is 10.5 Å². The number of hydrogen-bond acceptors (Lipinski definition) is 5. The summed E-state index contributed by atoms with van der Waals surface area (Å²) in [6, 6.07) is 5.55. The molecule has 1 aliphatic rings. The number of nitrogens with zero attached hydrogens (tertiary/aromatic N) is 1. The van der Waals surface area contributed by atoms with E-state index in [0.717, 1.165) is 25.7 Å². The third-order valence-corrected chi connectivity index (χ3v) is 6.72. The molecule has 0 aliphatic carbocycles. The van der Waals surface area contributed by atoms with Gasteiger partial charge in [-0.2, -0.15) is 0 Å². The van der Waals surface area contributed by atoms with E-state index in [9.17, 15) is 18.0 Å². The minimum Gasteiger partial charge on any atom is -0.452 e. The number of nitrogens with one attached hydrogen (secondary N) is 1. The molecule has 0 radical (unpaired) electrons. The van der Waals surface area contributed by atoms with Crippen molar-refractivity contribution in [2.45, 2.75) is 69.9 Å². The van der Waals surface area contributed by atoms with E-state index in [-0.39, 0.29) is 35.1 Å². The molecule has 2 atom stereocenters. The maximum atomic E-state index is 12.4. The van der Waals surface area contributed by atoms with Gasteiger partial charge in [0.25, 0.3) is 5.91 Å². The van der Waals surface area contributed by atoms with Gasteiger partial charge in [0, 0.05) is 18.6 Å². The van der Waals surface area contributed by atoms with Gasteiger partial charge in [0.1, 0.15) is 0 Å². The molecular formula is C20H30N2O5S. The van der Waals surface area contributed by atoms with E-state index in [1.165, 1.54) is 24.3 Å². The van der Waals surface area contributed by atoms with E-state index in [1.807, 2.05) is 13.8 Å². The van der Waals surface area contributed by atoms with Crippen molar-refractivity contribution in [3.63, 3.8) is 0 Å². The zero-order valence-corrected chi connectivity index (χ0v) is 17.6. The molecule has 156 valence electrons. The van der Waals surface area contributed by atoms with Crippen LogP contribution < -0.4 is 4.72 Å². The van der Waals surface area contributed by atoms with Crippen LogP contribution in [0, 0.1) is 0 Å². The van der Waals surface area contributed by atoms with Crippen LogP contribution in [0.5, 0.6) is 0 Å². The Kier molecular flexibility index (Phi) is 8.00. The predicted octanol–water partition coefficient (Wildman–Crippen LogP) is 2.71. The van der Waals surface area contributed by atoms with Gasteiger partial charge in [-0.25, -0.2) is 17.9 Å². The first kappa shape index (κ1) is 22.4. The molecule has 1 saturated heterocycles. The van der Waals surface area contributed by atoms with Crippen LogP contribution in [0.4, 0.5) is 0 Å². The minimum absolute atomic E-state index is 0.0829. The van der Waals surface area contributed by atoms with Crippen molar-refractivity contribution in [2.75, 3.05) is 13.2 Å². The van der Waals surface area contributed by atoms with Gasteiger partial charge in [0.15, 0.2) is 6.61 Å². The standard InChI is InChI=1S/C20H30N2O5S/c1-4-15(3)21-28(25,26)18-11-9-16(10-12-18)20(24)27-14-19(23)22-13-7-6-8-17(22)5-2/h9-12,15,17,21H,4-8,13-14H2,1-3H3/t15-,17-/m1/s1. The third kappa shape index (κ3) is 5.78. The number of likely N-dealkylation sites (tertiary alicyclic amines) is 1. The summed E-state index contributed by atoms with van der Waals surface area (Å²) in [5, 5.41) is 0. The Balaban J connectivity index is 1.95. The van der Waals surface area contributed by atoms with E-state index in [1.54, 1.807) is 11.8 Å². The lowest BCUT2D eigenvalue weighted by molar-refractivity contribution is -0.138. The van der Waals surface area contributed by atoms with E-state index in [0.29, 0.717) is 13.0 Å². The normalized spacial score (nSPS) is 18.5. The van der Waals surface area contributed by atoms with E-state index >= 15 is 0 Å². The zero-order chi connectivity index (χ0) is 20.7. The van der Waals surface area contributed by atoms with Crippen LogP contribution in [0.15, 0.2) is 29.2 Å². The number of hydrogen-bond donors (Lipinski definition) is 1. The third-order valence-electron chi connectivity index (χ3n) is 5.11. The fourth-order valence-corrected chi connectivity index (χ4v) is 4.56. The van der Waals surface area contributed by atoms with Gasteiger partial charge < -0.3 is 9.64 Å². The lowest BCUT2D eigenvalue weighted by Crippen LogP contribution is -2.45. The number of carbonyl (C=O) groups excluding carboxylic acids is 2. The van der Waals surface area contributed by atoms with Crippen molar-refractivity contribution < 1.29 is 22.7 Å². The summed E-state index contributed by atoms with van der Waals surface area (Å²) in [4.78, 5) is 26.5. The highest BCUT2D eigenvalue weighted by atomic mass is 32.2. The molecule has 1 heterocycles. The average molecular weight is 411 g/mol. The Morgan fingerprint density at radius 2 is 1.89 bits per heavy atom. The molecule has 1 aliphatic heterocycles. The number of esters is 1. The van der Waals surface area contributed by atoms with E-state index < -0.39 is 16.0 Å². The summed E-state index contributed by atoms with van der Waals surface area (Å²) in [5.41, 5.74) is 0.209. The second kappa shape index (κ2) is 10.0. The second-order valence-corrected chi connectivity index (χ2v) is 8.89. The minimum atomic E-state index is -3.63. The number of piperidine rings is 1. The number of sulfonamides is 1. The fraction of sp³-hybridized carbons (Fsp3) is 0.600. The van der Waals surface area contributed by atoms with Crippen molar-refractivity contribution in [3.05, 3.63) is 29.8 Å². The molecular weight excluding hydrogens is 380 g/mol. The molecule has 7 nitrogen and oxygen atoms in total. The van der Waals surface area contributed by atoms with Gasteiger partial charge in [0.2, 0.25) is 10.0 Å². The first-order chi connectivity index (χ1) is 13.3. The van der Waals surface area contributed by atoms with Crippen molar-refractivity contribution in [3.8, 4) is 0 Å². The van der Waals surface area contributed by atoms with Crippen LogP contribution in [-0.4, -0.2) is 50.4 Å². The quantitative estimate of drug-likeness (QED) is 0.665. The van der Waals surface area contributed by atoms with Gasteiger partial charge in [-0.15, -0.1) is 0 Å². The summed E-state index contributed by atoms with van der Waals surface area (Å²) < 4.78 is 32.2. The summed E-state index contributed by atoms with van der Waals surface area (Å²) >= 11 is 0. The molecule has 1 aromatic carbocycles. The molecule has 1 fully saturated rings. The number of ether oxygens (including phenoxy) is 1. The van der Waals surface area contributed by atoms with Crippen LogP contribution in [0.1, 0.15) is 63.2 Å². The number of benzene rings is 1. The van der Waals surface area contributed by atoms with Gasteiger partial charge in [-0.3, -0.25) is 4.79 Å². The molecule has 0 unspecified atom stereocenters. The number of amides is 1. The first-order valence-corrected chi connectivity index (χ1v) is 11.4. The van der Waals surface area contributed by atoms with E-state index in [4.69, 9.17) is 4.74 Å². The molecule has 28 heavy (non-hydrogen) atoms. The van der Waals surface area contributed by atoms with Gasteiger partial charge >= 0.3 is 5.97 Å². The predicted molar refractivity (Wildman–Crippen MR) is 106 cm³/mol. The molecule has 1 aromatic rings. The SMILES string of the molecule is CC[C@@H]1CCCCN1C(=O)COC(=O)c1ccc(S(=O)(=O)N[C@H](C)CC)cc1. The van der Waals surface area contributed by atoms with Crippen molar-refractivity contribution >= 4 is 21.9 Å². The lowest BCUT2D eigenvalue weighted by Gasteiger charge is -2.35. The summed E-state index contributed by atoms with van der Waals surface area (Å²) in [6.45, 7) is 6.12. The van der Waals surface area contributed by atoms with Crippen molar-refractivity contribution in [1.82, 2.24) is 9.62 Å². The topological polar surface area (TPSA) is 92.8 Å². The van der Waals surface area contributed by atoms with Crippen LogP contribution in [0.25, 0.3) is 0 Å². The summed E-state index contributed by atoms with van der Waals surface area (Å²) in [5.74, 6) is -0.825. The highest BCUT2D eigenvalue weighted by Crippen LogP contribution is 2.19. The van der Waals surface area contributed by atoms with Gasteiger partial charge in [-0.1, -0.05) is 13.8 Å². The Morgan fingerprint density at radius 1 is 1.21 bits per heavy atom. The molecule has 0 aromatic heterocycles. The maximum Gasteiger partial charge on any atom is 0.338 e. The highest BCUT2D eigenvalue weighted by molar-refractivity contribution is 7.89. The maximum absolute atomic E-state index is 12.4. The Labute approximate surface area is 167 Å². The molecule has 0 spiro atoms. The smallest absolute Gasteiger partial charge is 0.338 e. The van der Waals surface area contributed by atoms with Crippen LogP contribution in [0.3, 0.4) is 0 Å². The number of carbonyl (C=O) groups is 2. The molecule has 0 saturated carbocycles. The second-order valence-electron chi connectivity index (χ2n) is 7.18. The lowest BCUT2D eigenvalue weighted by atomic mass is 10.00. The zero-order valence-electron chi connectivity index (χ0n) is 16.8. The van der Waals surface area contributed by atoms with Crippen LogP contribution in [-0.2, 0) is 19.6 Å². The molecule has 1 amide bonds. The fourth-order valence-electron chi connectivity index (χ4n) is 3.23. The molecule has 2 rings (SSSR count). The van der Waals surface area contributed by atoms with Crippen LogP contribution in [0.2, 0.25) is 0 Å². The van der Waals surface area contributed by atoms with Crippen LogP contribution >= 0.6 is 0 Å². The highest BCUT2D eigenvalue weighted by Gasteiger charge is 2.26. The Bertz CT molecular complexity index is 776. The number of rotatable bonds is 8. The first-order valence-electron chi connectivity index (χ1n) is 9.87. The monoisotopic (exact) mass is 410 g/mol. The van der Waals surface area contributed by atoms with Crippen molar-refractivity contribution in [1.29, 1.82) is 0 Å². The average Bonchev–Trinajstić information content (AvgIpc) is 2.71. The molecule has 8 heteroatoms. The largest absolute Gasteiger partial charge is 0.452 e. The van der Waals surface area contributed by atoms with E-state index in [2.05, 4.69) is 4.72 Å². The summed E-state index contributed by atoms with van der Waals surface area (Å²) in [7, 11) is -3.63. The Morgan fingerprint density at radius 3 is 2.50 bits per heavy atom. The summed E-state index contributed by atoms with van der Waals surface area (Å²) in [6.07, 6.45) is 4.63.